The van der Waals surface area contributed by atoms with Crippen molar-refractivity contribution in [3.05, 3.63) is 66.3 Å². The first-order valence-electron chi connectivity index (χ1n) is 5.71. The number of fused-ring (bicyclic) bond motifs is 1. The van der Waals surface area contributed by atoms with E-state index in [1.807, 2.05) is 42.5 Å². The molecule has 0 spiro atoms. The maximum Gasteiger partial charge on any atom is 0.186 e. The quantitative estimate of drug-likeness (QED) is 0.711. The van der Waals surface area contributed by atoms with Crippen molar-refractivity contribution in [1.82, 2.24) is 0 Å². The van der Waals surface area contributed by atoms with E-state index in [4.69, 9.17) is 0 Å². The Kier molecular flexibility index (Phi) is 2.41. The lowest BCUT2D eigenvalue weighted by molar-refractivity contribution is -0.113. The van der Waals surface area contributed by atoms with Crippen LogP contribution in [0.15, 0.2) is 60.7 Å². The molecule has 2 aromatic carbocycles. The van der Waals surface area contributed by atoms with Gasteiger partial charge in [-0.15, -0.1) is 0 Å². The van der Waals surface area contributed by atoms with E-state index < -0.39 is 0 Å². The molecule has 2 aromatic rings. The van der Waals surface area contributed by atoms with Crippen molar-refractivity contribution in [2.75, 3.05) is 0 Å². The third kappa shape index (κ3) is 1.78. The largest absolute Gasteiger partial charge is 0.290 e. The molecule has 0 saturated carbocycles. The lowest BCUT2D eigenvalue weighted by Gasteiger charge is -2.08. The van der Waals surface area contributed by atoms with Crippen LogP contribution in [0.2, 0.25) is 0 Å². The number of hydrogen-bond acceptors (Lipinski definition) is 2. The molecule has 0 amide bonds. The first kappa shape index (κ1) is 10.7. The van der Waals surface area contributed by atoms with E-state index in [9.17, 15) is 9.59 Å². The van der Waals surface area contributed by atoms with Crippen LogP contribution in [0.3, 0.4) is 0 Å². The zero-order valence-electron chi connectivity index (χ0n) is 9.59. The molecule has 0 N–H and O–H groups in total. The van der Waals surface area contributed by atoms with Crippen LogP contribution in [0, 0.1) is 0 Å². The highest BCUT2D eigenvalue weighted by Gasteiger charge is 2.15. The fourth-order valence-corrected chi connectivity index (χ4v) is 2.09. The molecule has 86 valence electrons. The van der Waals surface area contributed by atoms with E-state index in [1.165, 1.54) is 18.2 Å². The van der Waals surface area contributed by atoms with Crippen LogP contribution < -0.4 is 0 Å². The Morgan fingerprint density at radius 1 is 0.778 bits per heavy atom. The van der Waals surface area contributed by atoms with E-state index in [1.54, 1.807) is 0 Å². The molecule has 0 unspecified atom stereocenters. The highest BCUT2D eigenvalue weighted by atomic mass is 16.1. The second kappa shape index (κ2) is 4.08. The second-order valence-electron chi connectivity index (χ2n) is 4.22. The first-order chi connectivity index (χ1) is 8.74. The van der Waals surface area contributed by atoms with Gasteiger partial charge in [-0.2, -0.15) is 0 Å². The molecule has 3 rings (SSSR count). The predicted octanol–water partition coefficient (Wildman–Crippen LogP) is 2.93. The number of ketones is 2. The third-order valence-electron chi connectivity index (χ3n) is 3.01. The Labute approximate surface area is 104 Å². The second-order valence-corrected chi connectivity index (χ2v) is 4.22. The fourth-order valence-electron chi connectivity index (χ4n) is 2.09. The van der Waals surface area contributed by atoms with Gasteiger partial charge in [-0.3, -0.25) is 9.59 Å². The molecule has 2 nitrogen and oxygen atoms in total. The SMILES string of the molecule is O=C1C=CC(=O)C(c2ccc3ccccc3c2)=C1. The number of hydrogen-bond donors (Lipinski definition) is 0. The number of carbonyl (C=O) groups excluding carboxylic acids is 2. The minimum absolute atomic E-state index is 0.120. The van der Waals surface area contributed by atoms with Crippen molar-refractivity contribution in [3.8, 4) is 0 Å². The molecule has 0 aliphatic heterocycles. The molecule has 0 atom stereocenters. The summed E-state index contributed by atoms with van der Waals surface area (Å²) in [4.78, 5) is 23.1. The average molecular weight is 234 g/mol. The molecule has 0 radical (unpaired) electrons. The Bertz CT molecular complexity index is 721. The summed E-state index contributed by atoms with van der Waals surface area (Å²) < 4.78 is 0. The predicted molar refractivity (Wildman–Crippen MR) is 71.1 cm³/mol. The minimum atomic E-state index is -0.141. The number of carbonyl (C=O) groups is 2. The van der Waals surface area contributed by atoms with Crippen molar-refractivity contribution in [3.63, 3.8) is 0 Å². The number of benzene rings is 2. The summed E-state index contributed by atoms with van der Waals surface area (Å²) in [5, 5.41) is 2.18. The van der Waals surface area contributed by atoms with Gasteiger partial charge in [-0.25, -0.2) is 0 Å². The molecule has 2 heteroatoms. The summed E-state index contributed by atoms with van der Waals surface area (Å²) in [7, 11) is 0. The van der Waals surface area contributed by atoms with Gasteiger partial charge in [0.05, 0.1) is 0 Å². The number of allylic oxidation sites excluding steroid dienone is 4. The fraction of sp³-hybridized carbons (Fsp3) is 0. The van der Waals surface area contributed by atoms with Crippen molar-refractivity contribution in [2.24, 2.45) is 0 Å². The Morgan fingerprint density at radius 2 is 1.56 bits per heavy atom. The lowest BCUT2D eigenvalue weighted by atomic mass is 9.94. The van der Waals surface area contributed by atoms with Crippen LogP contribution >= 0.6 is 0 Å². The van der Waals surface area contributed by atoms with Crippen LogP contribution in [0.4, 0.5) is 0 Å². The van der Waals surface area contributed by atoms with Gasteiger partial charge in [0, 0.05) is 5.57 Å². The summed E-state index contributed by atoms with van der Waals surface area (Å²) in [6, 6.07) is 13.7. The van der Waals surface area contributed by atoms with Gasteiger partial charge in [0.25, 0.3) is 0 Å². The zero-order chi connectivity index (χ0) is 12.5. The zero-order valence-corrected chi connectivity index (χ0v) is 9.59. The third-order valence-corrected chi connectivity index (χ3v) is 3.01. The smallest absolute Gasteiger partial charge is 0.186 e. The van der Waals surface area contributed by atoms with Crippen molar-refractivity contribution >= 4 is 27.9 Å². The summed E-state index contributed by atoms with van der Waals surface area (Å²) in [5.41, 5.74) is 1.25. The van der Waals surface area contributed by atoms with Crippen molar-refractivity contribution < 1.29 is 9.59 Å². The first-order valence-corrected chi connectivity index (χ1v) is 5.71. The summed E-state index contributed by atoms with van der Waals surface area (Å²) in [6.07, 6.45) is 4.02. The van der Waals surface area contributed by atoms with Gasteiger partial charge in [0.1, 0.15) is 0 Å². The molecule has 18 heavy (non-hydrogen) atoms. The van der Waals surface area contributed by atoms with Crippen molar-refractivity contribution in [2.45, 2.75) is 0 Å². The Hall–Kier alpha value is -2.48. The van der Waals surface area contributed by atoms with Crippen LogP contribution in [0.25, 0.3) is 16.3 Å². The van der Waals surface area contributed by atoms with Crippen LogP contribution in [0.1, 0.15) is 5.56 Å². The van der Waals surface area contributed by atoms with E-state index >= 15 is 0 Å². The number of rotatable bonds is 1. The maximum atomic E-state index is 11.8. The molecule has 0 saturated heterocycles. The normalized spacial score (nSPS) is 15.0. The molecule has 0 fully saturated rings. The van der Waals surface area contributed by atoms with E-state index in [-0.39, 0.29) is 11.6 Å². The summed E-state index contributed by atoms with van der Waals surface area (Å²) in [6.45, 7) is 0. The van der Waals surface area contributed by atoms with Gasteiger partial charge in [-0.1, -0.05) is 36.4 Å². The molecule has 1 aliphatic carbocycles. The Morgan fingerprint density at radius 3 is 2.39 bits per heavy atom. The van der Waals surface area contributed by atoms with E-state index in [0.29, 0.717) is 5.57 Å². The molecule has 0 heterocycles. The minimum Gasteiger partial charge on any atom is -0.290 e. The molecular weight excluding hydrogens is 224 g/mol. The average Bonchev–Trinajstić information content (AvgIpc) is 2.41. The van der Waals surface area contributed by atoms with Crippen LogP contribution in [-0.4, -0.2) is 11.6 Å². The summed E-state index contributed by atoms with van der Waals surface area (Å²) >= 11 is 0. The van der Waals surface area contributed by atoms with Gasteiger partial charge in [0.2, 0.25) is 0 Å². The molecule has 0 bridgehead atoms. The standard InChI is InChI=1S/C16H10O2/c17-14-7-8-16(18)15(10-14)13-6-5-11-3-1-2-4-12(11)9-13/h1-10H. The van der Waals surface area contributed by atoms with Gasteiger partial charge >= 0.3 is 0 Å². The molecular formula is C16H10O2. The van der Waals surface area contributed by atoms with Gasteiger partial charge in [-0.05, 0) is 40.6 Å². The molecule has 1 aliphatic rings. The maximum absolute atomic E-state index is 11.8. The van der Waals surface area contributed by atoms with Crippen LogP contribution in [0.5, 0.6) is 0 Å². The van der Waals surface area contributed by atoms with Gasteiger partial charge in [0.15, 0.2) is 11.6 Å². The highest BCUT2D eigenvalue weighted by molar-refractivity contribution is 6.34. The van der Waals surface area contributed by atoms with E-state index in [0.717, 1.165) is 16.3 Å². The lowest BCUT2D eigenvalue weighted by Crippen LogP contribution is -2.06. The molecule has 0 aromatic heterocycles. The van der Waals surface area contributed by atoms with E-state index in [2.05, 4.69) is 0 Å². The summed E-state index contributed by atoms with van der Waals surface area (Å²) in [5.74, 6) is -0.261. The highest BCUT2D eigenvalue weighted by Crippen LogP contribution is 2.23. The Balaban J connectivity index is 2.15. The monoisotopic (exact) mass is 234 g/mol. The van der Waals surface area contributed by atoms with Crippen molar-refractivity contribution in [1.29, 1.82) is 0 Å². The topological polar surface area (TPSA) is 34.1 Å². The van der Waals surface area contributed by atoms with Crippen LogP contribution in [-0.2, 0) is 9.59 Å². The van der Waals surface area contributed by atoms with Gasteiger partial charge < -0.3 is 0 Å².